The molecule has 2 aromatic rings. The number of quaternary nitrogens is 1. The summed E-state index contributed by atoms with van der Waals surface area (Å²) in [5.74, 6) is 0.878. The molecule has 1 saturated heterocycles. The van der Waals surface area contributed by atoms with Gasteiger partial charge in [0.2, 0.25) is 0 Å². The van der Waals surface area contributed by atoms with Crippen molar-refractivity contribution in [1.29, 1.82) is 0 Å². The van der Waals surface area contributed by atoms with Crippen molar-refractivity contribution >= 4 is 34.6 Å². The number of nitrogens with zero attached hydrogens (tertiary/aromatic N) is 3. The Labute approximate surface area is 165 Å². The molecule has 2 aliphatic heterocycles. The summed E-state index contributed by atoms with van der Waals surface area (Å²) in [4.78, 5) is 30.9. The Balaban J connectivity index is 1.47. The number of amidine groups is 1. The van der Waals surface area contributed by atoms with Crippen LogP contribution in [0.5, 0.6) is 0 Å². The Morgan fingerprint density at radius 1 is 1.21 bits per heavy atom. The van der Waals surface area contributed by atoms with E-state index in [2.05, 4.69) is 16.9 Å². The van der Waals surface area contributed by atoms with Crippen molar-refractivity contribution in [3.63, 3.8) is 0 Å². The number of non-ortho nitro benzene ring substituents is 1. The first-order chi connectivity index (χ1) is 13.5. The van der Waals surface area contributed by atoms with Crippen LogP contribution in [-0.4, -0.2) is 54.1 Å². The van der Waals surface area contributed by atoms with E-state index in [9.17, 15) is 14.9 Å². The van der Waals surface area contributed by atoms with Gasteiger partial charge in [-0.25, -0.2) is 0 Å². The normalized spacial score (nSPS) is 19.3. The Bertz CT molecular complexity index is 972. The molecule has 144 valence electrons. The molecule has 1 N–H and O–H groups in total. The highest BCUT2D eigenvalue weighted by Gasteiger charge is 2.29. The summed E-state index contributed by atoms with van der Waals surface area (Å²) in [6.07, 6.45) is 1.69. The number of thioether (sulfide) groups is 1. The molecule has 0 spiro atoms. The molecular weight excluding hydrogens is 380 g/mol. The number of benzene rings is 1. The molecule has 0 unspecified atom stereocenters. The number of aliphatic imine (C=N–C) groups is 1. The van der Waals surface area contributed by atoms with Crippen molar-refractivity contribution in [2.75, 3.05) is 33.2 Å². The molecule has 0 bridgehead atoms. The lowest BCUT2D eigenvalue weighted by atomic mass is 10.1. The summed E-state index contributed by atoms with van der Waals surface area (Å²) < 4.78 is 5.80. The Morgan fingerprint density at radius 3 is 2.61 bits per heavy atom. The third-order valence-corrected chi connectivity index (χ3v) is 5.80. The SMILES string of the molecule is C[NH+]1CCN(C2=NC(=O)/C(=C/c3ccc(-c4ccc([N+](=O)[O-])cc4)o3)S2)CC1. The van der Waals surface area contributed by atoms with Crippen LogP contribution in [0.3, 0.4) is 0 Å². The smallest absolute Gasteiger partial charge is 0.286 e. The van der Waals surface area contributed by atoms with E-state index in [1.807, 2.05) is 0 Å². The topological polar surface area (TPSA) is 93.4 Å². The summed E-state index contributed by atoms with van der Waals surface area (Å²) >= 11 is 1.37. The highest BCUT2D eigenvalue weighted by molar-refractivity contribution is 8.18. The fourth-order valence-corrected chi connectivity index (χ4v) is 4.02. The number of likely N-dealkylation sites (N-methyl/N-ethyl adjacent to an activating group) is 1. The summed E-state index contributed by atoms with van der Waals surface area (Å²) in [7, 11) is 2.16. The molecular formula is C19H19N4O4S+. The molecule has 28 heavy (non-hydrogen) atoms. The van der Waals surface area contributed by atoms with Crippen LogP contribution < -0.4 is 4.90 Å². The fourth-order valence-electron chi connectivity index (χ4n) is 3.08. The van der Waals surface area contributed by atoms with E-state index < -0.39 is 4.92 Å². The Morgan fingerprint density at radius 2 is 1.93 bits per heavy atom. The predicted octanol–water partition coefficient (Wildman–Crippen LogP) is 1.66. The van der Waals surface area contributed by atoms with E-state index >= 15 is 0 Å². The second-order valence-corrected chi connectivity index (χ2v) is 7.77. The third kappa shape index (κ3) is 3.85. The summed E-state index contributed by atoms with van der Waals surface area (Å²) in [5, 5.41) is 11.5. The fraction of sp³-hybridized carbons (Fsp3) is 0.263. The van der Waals surface area contributed by atoms with Gasteiger partial charge in [-0.3, -0.25) is 14.9 Å². The van der Waals surface area contributed by atoms with Crippen molar-refractivity contribution in [1.82, 2.24) is 4.90 Å². The molecule has 2 aliphatic rings. The third-order valence-electron chi connectivity index (χ3n) is 4.76. The van der Waals surface area contributed by atoms with Gasteiger partial charge in [0.15, 0.2) is 5.17 Å². The van der Waals surface area contributed by atoms with Crippen molar-refractivity contribution in [3.8, 4) is 11.3 Å². The number of nitrogens with one attached hydrogen (secondary N) is 1. The van der Waals surface area contributed by atoms with Crippen molar-refractivity contribution < 1.29 is 19.0 Å². The summed E-state index contributed by atoms with van der Waals surface area (Å²) in [5.41, 5.74) is 0.762. The van der Waals surface area contributed by atoms with Crippen LogP contribution in [0, 0.1) is 10.1 Å². The number of nitro benzene ring substituents is 1. The van der Waals surface area contributed by atoms with Crippen molar-refractivity contribution in [3.05, 3.63) is 57.2 Å². The van der Waals surface area contributed by atoms with E-state index in [0.29, 0.717) is 16.4 Å². The molecule has 1 aromatic carbocycles. The maximum absolute atomic E-state index is 12.3. The van der Waals surface area contributed by atoms with E-state index in [4.69, 9.17) is 4.42 Å². The highest BCUT2D eigenvalue weighted by Crippen LogP contribution is 2.32. The maximum Gasteiger partial charge on any atom is 0.286 e. The van der Waals surface area contributed by atoms with Crippen LogP contribution in [-0.2, 0) is 4.79 Å². The van der Waals surface area contributed by atoms with Gasteiger partial charge in [-0.15, -0.1) is 0 Å². The van der Waals surface area contributed by atoms with E-state index in [0.717, 1.165) is 36.9 Å². The maximum atomic E-state index is 12.3. The zero-order valence-corrected chi connectivity index (χ0v) is 16.1. The lowest BCUT2D eigenvalue weighted by Gasteiger charge is -2.30. The van der Waals surface area contributed by atoms with Gasteiger partial charge in [-0.1, -0.05) is 0 Å². The predicted molar refractivity (Wildman–Crippen MR) is 107 cm³/mol. The standard InChI is InChI=1S/C19H18N4O4S/c1-21-8-10-22(11-9-21)19-20-18(24)17(28-19)12-15-6-7-16(27-15)13-2-4-14(5-3-13)23(25)26/h2-7,12H,8-11H2,1H3/p+1/b17-12-. The number of rotatable bonds is 3. The number of hydrogen-bond donors (Lipinski definition) is 1. The molecule has 1 amide bonds. The molecule has 9 heteroatoms. The van der Waals surface area contributed by atoms with E-state index in [1.54, 1.807) is 30.3 Å². The Hall–Kier alpha value is -2.91. The number of piperazine rings is 1. The molecule has 0 radical (unpaired) electrons. The molecule has 3 heterocycles. The number of amides is 1. The molecule has 0 atom stereocenters. The monoisotopic (exact) mass is 399 g/mol. The van der Waals surface area contributed by atoms with Gasteiger partial charge in [0.25, 0.3) is 11.6 Å². The van der Waals surface area contributed by atoms with Gasteiger partial charge in [-0.05, 0) is 36.0 Å². The number of furan rings is 1. The number of nitro groups is 1. The van der Waals surface area contributed by atoms with Crippen LogP contribution in [0.4, 0.5) is 5.69 Å². The molecule has 1 fully saturated rings. The van der Waals surface area contributed by atoms with Crippen LogP contribution >= 0.6 is 11.8 Å². The molecule has 0 aliphatic carbocycles. The number of carbonyl (C=O) groups excluding carboxylic acids is 1. The van der Waals surface area contributed by atoms with Crippen LogP contribution in [0.15, 0.2) is 50.7 Å². The van der Waals surface area contributed by atoms with Crippen LogP contribution in [0.2, 0.25) is 0 Å². The molecule has 8 nitrogen and oxygen atoms in total. The molecule has 1 aromatic heterocycles. The minimum Gasteiger partial charge on any atom is -0.457 e. The van der Waals surface area contributed by atoms with Gasteiger partial charge in [0.05, 0.1) is 43.1 Å². The highest BCUT2D eigenvalue weighted by atomic mass is 32.2. The van der Waals surface area contributed by atoms with Gasteiger partial charge in [-0.2, -0.15) is 4.99 Å². The van der Waals surface area contributed by atoms with Crippen molar-refractivity contribution in [2.45, 2.75) is 0 Å². The summed E-state index contributed by atoms with van der Waals surface area (Å²) in [6, 6.07) is 9.70. The first-order valence-electron chi connectivity index (χ1n) is 8.93. The average Bonchev–Trinajstić information content (AvgIpc) is 3.30. The quantitative estimate of drug-likeness (QED) is 0.479. The van der Waals surface area contributed by atoms with Gasteiger partial charge < -0.3 is 14.2 Å². The Kier molecular flexibility index (Phi) is 5.01. The minimum absolute atomic E-state index is 0.0285. The van der Waals surface area contributed by atoms with Gasteiger partial charge >= 0.3 is 0 Å². The molecule has 4 rings (SSSR count). The second kappa shape index (κ2) is 7.61. The van der Waals surface area contributed by atoms with Crippen molar-refractivity contribution in [2.24, 2.45) is 4.99 Å². The van der Waals surface area contributed by atoms with E-state index in [1.165, 1.54) is 28.8 Å². The zero-order valence-electron chi connectivity index (χ0n) is 15.3. The first kappa shape index (κ1) is 18.5. The number of carbonyl (C=O) groups is 1. The van der Waals surface area contributed by atoms with Gasteiger partial charge in [0.1, 0.15) is 11.5 Å². The molecule has 0 saturated carbocycles. The van der Waals surface area contributed by atoms with E-state index in [-0.39, 0.29) is 11.6 Å². The zero-order chi connectivity index (χ0) is 19.7. The minimum atomic E-state index is -0.441. The second-order valence-electron chi connectivity index (χ2n) is 6.76. The van der Waals surface area contributed by atoms with Crippen LogP contribution in [0.1, 0.15) is 5.76 Å². The largest absolute Gasteiger partial charge is 0.457 e. The first-order valence-corrected chi connectivity index (χ1v) is 9.75. The van der Waals surface area contributed by atoms with Crippen LogP contribution in [0.25, 0.3) is 17.4 Å². The number of hydrogen-bond acceptors (Lipinski definition) is 6. The lowest BCUT2D eigenvalue weighted by Crippen LogP contribution is -3.12. The lowest BCUT2D eigenvalue weighted by molar-refractivity contribution is -0.883. The van der Waals surface area contributed by atoms with Gasteiger partial charge in [0, 0.05) is 23.8 Å². The summed E-state index contributed by atoms with van der Waals surface area (Å²) in [6.45, 7) is 3.85. The average molecular weight is 399 g/mol.